The van der Waals surface area contributed by atoms with E-state index in [0.29, 0.717) is 0 Å². The molecule has 5 nitrogen and oxygen atoms in total. The smallest absolute Gasteiger partial charge is 0.355 e. The highest BCUT2D eigenvalue weighted by Crippen LogP contribution is 2.29. The molecule has 0 radical (unpaired) electrons. The third kappa shape index (κ3) is 2.58. The number of carboxylic acids is 1. The number of rotatable bonds is 3. The summed E-state index contributed by atoms with van der Waals surface area (Å²) < 4.78 is 5.50. The number of aromatic carboxylic acids is 1. The van der Waals surface area contributed by atoms with Crippen molar-refractivity contribution in [1.82, 2.24) is 4.98 Å². The number of aromatic nitrogens is 1. The van der Waals surface area contributed by atoms with Gasteiger partial charge in [0.05, 0.1) is 5.60 Å². The summed E-state index contributed by atoms with van der Waals surface area (Å²) in [4.78, 5) is 17.0. The Hall–Kier alpha value is -1.14. The number of piperidine rings is 1. The number of carboxylic acid groups (broad SMARTS) is 1. The third-order valence-corrected chi connectivity index (χ3v) is 4.03. The van der Waals surface area contributed by atoms with Gasteiger partial charge in [-0.25, -0.2) is 9.78 Å². The van der Waals surface area contributed by atoms with Crippen LogP contribution in [0.25, 0.3) is 0 Å². The average molecular weight is 256 g/mol. The quantitative estimate of drug-likeness (QED) is 0.894. The normalized spacial score (nSPS) is 24.9. The van der Waals surface area contributed by atoms with Gasteiger partial charge in [-0.05, 0) is 19.8 Å². The molecule has 0 bridgehead atoms. The molecule has 6 heteroatoms. The van der Waals surface area contributed by atoms with E-state index in [1.165, 1.54) is 11.3 Å². The monoisotopic (exact) mass is 256 g/mol. The summed E-state index contributed by atoms with van der Waals surface area (Å²) >= 11 is 1.37. The van der Waals surface area contributed by atoms with Crippen LogP contribution >= 0.6 is 11.3 Å². The number of hydrogen-bond donors (Lipinski definition) is 1. The van der Waals surface area contributed by atoms with Crippen LogP contribution in [-0.2, 0) is 4.74 Å². The molecule has 2 heterocycles. The van der Waals surface area contributed by atoms with Crippen LogP contribution in [0.4, 0.5) is 5.13 Å². The van der Waals surface area contributed by atoms with Crippen molar-refractivity contribution in [3.63, 3.8) is 0 Å². The maximum Gasteiger partial charge on any atom is 0.355 e. The largest absolute Gasteiger partial charge is 0.476 e. The topological polar surface area (TPSA) is 62.7 Å². The van der Waals surface area contributed by atoms with Crippen molar-refractivity contribution in [3.05, 3.63) is 11.1 Å². The predicted molar refractivity (Wildman–Crippen MR) is 65.9 cm³/mol. The molecule has 1 unspecified atom stereocenters. The summed E-state index contributed by atoms with van der Waals surface area (Å²) in [5.74, 6) is -0.973. The van der Waals surface area contributed by atoms with E-state index in [1.807, 2.05) is 0 Å². The number of methoxy groups -OCH3 is 1. The molecule has 17 heavy (non-hydrogen) atoms. The molecule has 0 amide bonds. The van der Waals surface area contributed by atoms with Gasteiger partial charge in [-0.15, -0.1) is 11.3 Å². The van der Waals surface area contributed by atoms with Gasteiger partial charge in [0.15, 0.2) is 10.8 Å². The van der Waals surface area contributed by atoms with Gasteiger partial charge in [0, 0.05) is 25.6 Å². The SMILES string of the molecule is COC1(C)CCCN(c2nc(C(=O)O)cs2)C1. The molecular formula is C11H16N2O3S. The Morgan fingerprint density at radius 3 is 3.06 bits per heavy atom. The second-order valence-corrected chi connectivity index (χ2v) is 5.34. The van der Waals surface area contributed by atoms with Crippen LogP contribution < -0.4 is 4.90 Å². The zero-order valence-corrected chi connectivity index (χ0v) is 10.8. The second-order valence-electron chi connectivity index (χ2n) is 4.50. The highest BCUT2D eigenvalue weighted by Gasteiger charge is 2.32. The number of anilines is 1. The van der Waals surface area contributed by atoms with Gasteiger partial charge in [-0.3, -0.25) is 0 Å². The first-order valence-corrected chi connectivity index (χ1v) is 6.41. The Balaban J connectivity index is 2.13. The molecule has 0 aromatic carbocycles. The molecule has 1 fully saturated rings. The molecule has 1 aromatic rings. The van der Waals surface area contributed by atoms with Crippen molar-refractivity contribution in [2.75, 3.05) is 25.1 Å². The van der Waals surface area contributed by atoms with Crippen LogP contribution in [0.3, 0.4) is 0 Å². The minimum absolute atomic E-state index is 0.120. The van der Waals surface area contributed by atoms with Crippen LogP contribution in [0.5, 0.6) is 0 Å². The molecule has 1 aliphatic rings. The Kier molecular flexibility index (Phi) is 3.35. The summed E-state index contributed by atoms with van der Waals surface area (Å²) in [6.07, 6.45) is 2.06. The van der Waals surface area contributed by atoms with Crippen molar-refractivity contribution in [2.24, 2.45) is 0 Å². The standard InChI is InChI=1S/C11H16N2O3S/c1-11(16-2)4-3-5-13(7-11)10-12-8(6-17-10)9(14)15/h6H,3-5,7H2,1-2H3,(H,14,15). The lowest BCUT2D eigenvalue weighted by Crippen LogP contribution is -2.47. The molecule has 1 aromatic heterocycles. The Labute approximate surface area is 104 Å². The summed E-state index contributed by atoms with van der Waals surface area (Å²) in [5, 5.41) is 11.2. The zero-order chi connectivity index (χ0) is 12.5. The van der Waals surface area contributed by atoms with Gasteiger partial charge < -0.3 is 14.7 Å². The molecule has 0 spiro atoms. The molecule has 1 aliphatic heterocycles. The van der Waals surface area contributed by atoms with E-state index >= 15 is 0 Å². The van der Waals surface area contributed by atoms with Gasteiger partial charge in [0.1, 0.15) is 0 Å². The highest BCUT2D eigenvalue weighted by molar-refractivity contribution is 7.13. The Morgan fingerprint density at radius 2 is 2.47 bits per heavy atom. The van der Waals surface area contributed by atoms with Crippen LogP contribution in [0, 0.1) is 0 Å². The first-order chi connectivity index (χ1) is 8.04. The number of thiazole rings is 1. The van der Waals surface area contributed by atoms with E-state index in [1.54, 1.807) is 12.5 Å². The van der Waals surface area contributed by atoms with Crippen molar-refractivity contribution in [1.29, 1.82) is 0 Å². The third-order valence-electron chi connectivity index (χ3n) is 3.13. The molecule has 0 saturated carbocycles. The maximum atomic E-state index is 10.8. The predicted octanol–water partition coefficient (Wildman–Crippen LogP) is 1.85. The van der Waals surface area contributed by atoms with E-state index in [-0.39, 0.29) is 11.3 Å². The van der Waals surface area contributed by atoms with Crippen molar-refractivity contribution in [3.8, 4) is 0 Å². The van der Waals surface area contributed by atoms with Gasteiger partial charge in [0.2, 0.25) is 0 Å². The van der Waals surface area contributed by atoms with E-state index in [4.69, 9.17) is 9.84 Å². The summed E-state index contributed by atoms with van der Waals surface area (Å²) in [5.41, 5.74) is -0.0393. The minimum Gasteiger partial charge on any atom is -0.476 e. The summed E-state index contributed by atoms with van der Waals surface area (Å²) in [6, 6.07) is 0. The van der Waals surface area contributed by atoms with Gasteiger partial charge in [-0.1, -0.05) is 0 Å². The van der Waals surface area contributed by atoms with E-state index < -0.39 is 5.97 Å². The molecule has 0 aliphatic carbocycles. The highest BCUT2D eigenvalue weighted by atomic mass is 32.1. The maximum absolute atomic E-state index is 10.8. The first-order valence-electron chi connectivity index (χ1n) is 5.53. The lowest BCUT2D eigenvalue weighted by atomic mass is 9.95. The average Bonchev–Trinajstić information content (AvgIpc) is 2.78. The van der Waals surface area contributed by atoms with E-state index in [9.17, 15) is 4.79 Å². The summed E-state index contributed by atoms with van der Waals surface area (Å²) in [6.45, 7) is 3.74. The first kappa shape index (κ1) is 12.3. The Morgan fingerprint density at radius 1 is 1.71 bits per heavy atom. The molecule has 2 rings (SSSR count). The number of hydrogen-bond acceptors (Lipinski definition) is 5. The fraction of sp³-hybridized carbons (Fsp3) is 0.636. The molecule has 1 N–H and O–H groups in total. The van der Waals surface area contributed by atoms with Crippen LogP contribution in [0.15, 0.2) is 5.38 Å². The number of carbonyl (C=O) groups is 1. The number of nitrogens with zero attached hydrogens (tertiary/aromatic N) is 2. The van der Waals surface area contributed by atoms with Crippen LogP contribution in [0.2, 0.25) is 0 Å². The van der Waals surface area contributed by atoms with Gasteiger partial charge >= 0.3 is 5.97 Å². The lowest BCUT2D eigenvalue weighted by molar-refractivity contribution is -0.00466. The van der Waals surface area contributed by atoms with E-state index in [2.05, 4.69) is 16.8 Å². The van der Waals surface area contributed by atoms with Crippen LogP contribution in [-0.4, -0.2) is 41.9 Å². The second kappa shape index (κ2) is 4.62. The van der Waals surface area contributed by atoms with Crippen LogP contribution in [0.1, 0.15) is 30.3 Å². The number of ether oxygens (including phenoxy) is 1. The minimum atomic E-state index is -0.973. The lowest BCUT2D eigenvalue weighted by Gasteiger charge is -2.39. The van der Waals surface area contributed by atoms with Gasteiger partial charge in [0.25, 0.3) is 0 Å². The molecular weight excluding hydrogens is 240 g/mol. The van der Waals surface area contributed by atoms with Gasteiger partial charge in [-0.2, -0.15) is 0 Å². The molecule has 1 saturated heterocycles. The fourth-order valence-corrected chi connectivity index (χ4v) is 2.87. The van der Waals surface area contributed by atoms with Crippen molar-refractivity contribution >= 4 is 22.4 Å². The Bertz CT molecular complexity index is 421. The van der Waals surface area contributed by atoms with Crippen molar-refractivity contribution < 1.29 is 14.6 Å². The summed E-state index contributed by atoms with van der Waals surface area (Å²) in [7, 11) is 1.72. The molecule has 94 valence electrons. The molecule has 1 atom stereocenters. The fourth-order valence-electron chi connectivity index (χ4n) is 2.04. The zero-order valence-electron chi connectivity index (χ0n) is 9.97. The van der Waals surface area contributed by atoms with Crippen molar-refractivity contribution in [2.45, 2.75) is 25.4 Å². The van der Waals surface area contributed by atoms with E-state index in [0.717, 1.165) is 31.1 Å².